The van der Waals surface area contributed by atoms with Crippen LogP contribution in [0.15, 0.2) is 40.6 Å². The molecule has 1 aliphatic rings. The normalized spacial score (nSPS) is 17.2. The number of aromatic nitrogens is 3. The molecule has 3 aromatic rings. The summed E-state index contributed by atoms with van der Waals surface area (Å²) in [6.07, 6.45) is 3.33. The number of piperidine rings is 1. The Morgan fingerprint density at radius 2 is 2.26 bits per heavy atom. The summed E-state index contributed by atoms with van der Waals surface area (Å²) in [5.74, 6) is 0.288. The van der Waals surface area contributed by atoms with Gasteiger partial charge in [-0.1, -0.05) is 6.07 Å². The van der Waals surface area contributed by atoms with E-state index in [1.807, 2.05) is 28.5 Å². The second kappa shape index (κ2) is 7.48. The number of nitrogens with one attached hydrogen (secondary N) is 1. The molecule has 0 spiro atoms. The number of aryl methyl sites for hydroxylation is 1. The molecule has 1 aliphatic heterocycles. The summed E-state index contributed by atoms with van der Waals surface area (Å²) in [5, 5.41) is 5.01. The maximum absolute atomic E-state index is 12.8. The minimum atomic E-state index is -0.180. The lowest BCUT2D eigenvalue weighted by Crippen LogP contribution is -2.45. The first-order valence-electron chi connectivity index (χ1n) is 9.00. The standard InChI is InChI=1S/C19H21N5O2S/c1-23-16-15(7-2-8-20-16)22-17(19(23)26)24-9-3-5-13(12-24)18(25)21-11-14-6-4-10-27-14/h2,4,6-8,10,13H,3,5,9,11-12H2,1H3,(H,21,25)/t13-/m0/s1. The molecule has 1 amide bonds. The van der Waals surface area contributed by atoms with E-state index in [-0.39, 0.29) is 17.4 Å². The quantitative estimate of drug-likeness (QED) is 0.745. The molecule has 1 atom stereocenters. The van der Waals surface area contributed by atoms with Crippen molar-refractivity contribution in [2.45, 2.75) is 19.4 Å². The van der Waals surface area contributed by atoms with E-state index in [9.17, 15) is 9.59 Å². The lowest BCUT2D eigenvalue weighted by atomic mass is 9.97. The van der Waals surface area contributed by atoms with Crippen LogP contribution < -0.4 is 15.8 Å². The Hall–Kier alpha value is -2.74. The van der Waals surface area contributed by atoms with Gasteiger partial charge < -0.3 is 10.2 Å². The summed E-state index contributed by atoms with van der Waals surface area (Å²) >= 11 is 1.63. The van der Waals surface area contributed by atoms with Gasteiger partial charge in [0.05, 0.1) is 12.5 Å². The molecule has 1 fully saturated rings. The van der Waals surface area contributed by atoms with Gasteiger partial charge in [-0.25, -0.2) is 9.97 Å². The summed E-state index contributed by atoms with van der Waals surface area (Å²) < 4.78 is 1.53. The van der Waals surface area contributed by atoms with Crippen molar-refractivity contribution in [1.29, 1.82) is 0 Å². The van der Waals surface area contributed by atoms with Crippen LogP contribution >= 0.6 is 11.3 Å². The number of amides is 1. The average Bonchev–Trinajstić information content (AvgIpc) is 3.22. The van der Waals surface area contributed by atoms with Crippen LogP contribution in [0.25, 0.3) is 11.2 Å². The fourth-order valence-corrected chi connectivity index (χ4v) is 4.11. The van der Waals surface area contributed by atoms with Crippen molar-refractivity contribution in [2.75, 3.05) is 18.0 Å². The predicted octanol–water partition coefficient (Wildman–Crippen LogP) is 1.92. The van der Waals surface area contributed by atoms with Gasteiger partial charge in [0.15, 0.2) is 11.5 Å². The monoisotopic (exact) mass is 383 g/mol. The van der Waals surface area contributed by atoms with Gasteiger partial charge in [0.1, 0.15) is 5.52 Å². The average molecular weight is 383 g/mol. The minimum Gasteiger partial charge on any atom is -0.351 e. The van der Waals surface area contributed by atoms with E-state index in [0.29, 0.717) is 30.1 Å². The Balaban J connectivity index is 1.53. The number of pyridine rings is 1. The maximum atomic E-state index is 12.8. The molecule has 140 valence electrons. The molecule has 27 heavy (non-hydrogen) atoms. The molecule has 8 heteroatoms. The zero-order valence-electron chi connectivity index (χ0n) is 15.1. The molecule has 0 saturated carbocycles. The summed E-state index contributed by atoms with van der Waals surface area (Å²) in [6.45, 7) is 1.78. The van der Waals surface area contributed by atoms with E-state index in [2.05, 4.69) is 15.3 Å². The smallest absolute Gasteiger partial charge is 0.294 e. The molecule has 0 aliphatic carbocycles. The van der Waals surface area contributed by atoms with Crippen LogP contribution in [0, 0.1) is 5.92 Å². The van der Waals surface area contributed by atoms with E-state index in [1.165, 1.54) is 4.57 Å². The maximum Gasteiger partial charge on any atom is 0.294 e. The molecule has 1 N–H and O–H groups in total. The molecule has 4 rings (SSSR count). The van der Waals surface area contributed by atoms with Crippen LogP contribution in [-0.2, 0) is 18.4 Å². The number of anilines is 1. The van der Waals surface area contributed by atoms with Crippen LogP contribution in [0.3, 0.4) is 0 Å². The molecule has 3 aromatic heterocycles. The zero-order chi connectivity index (χ0) is 18.8. The van der Waals surface area contributed by atoms with Crippen molar-refractivity contribution in [1.82, 2.24) is 19.9 Å². The highest BCUT2D eigenvalue weighted by Gasteiger charge is 2.28. The molecule has 1 saturated heterocycles. The van der Waals surface area contributed by atoms with Crippen LogP contribution in [0.2, 0.25) is 0 Å². The molecular formula is C19H21N5O2S. The van der Waals surface area contributed by atoms with Gasteiger partial charge in [-0.3, -0.25) is 14.2 Å². The molecule has 0 radical (unpaired) electrons. The SMILES string of the molecule is Cn1c(=O)c(N2CCC[C@H](C(=O)NCc3cccs3)C2)nc2cccnc21. The number of hydrogen-bond donors (Lipinski definition) is 1. The Morgan fingerprint density at radius 3 is 3.07 bits per heavy atom. The molecular weight excluding hydrogens is 362 g/mol. The Kier molecular flexibility index (Phi) is 4.89. The van der Waals surface area contributed by atoms with E-state index in [1.54, 1.807) is 30.6 Å². The van der Waals surface area contributed by atoms with E-state index in [0.717, 1.165) is 24.3 Å². The van der Waals surface area contributed by atoms with Gasteiger partial charge in [0.25, 0.3) is 5.56 Å². The van der Waals surface area contributed by atoms with Gasteiger partial charge in [-0.15, -0.1) is 11.3 Å². The van der Waals surface area contributed by atoms with E-state index < -0.39 is 0 Å². The van der Waals surface area contributed by atoms with Crippen molar-refractivity contribution >= 4 is 34.2 Å². The highest BCUT2D eigenvalue weighted by molar-refractivity contribution is 7.09. The third-order valence-electron chi connectivity index (χ3n) is 4.91. The Labute approximate surface area is 160 Å². The number of nitrogens with zero attached hydrogens (tertiary/aromatic N) is 4. The molecule has 0 bridgehead atoms. The van der Waals surface area contributed by atoms with Crippen LogP contribution in [0.4, 0.5) is 5.82 Å². The Bertz CT molecular complexity index is 1010. The number of rotatable bonds is 4. The number of carbonyl (C=O) groups excluding carboxylic acids is 1. The molecule has 7 nitrogen and oxygen atoms in total. The second-order valence-electron chi connectivity index (χ2n) is 6.73. The van der Waals surface area contributed by atoms with Crippen molar-refractivity contribution in [3.63, 3.8) is 0 Å². The summed E-state index contributed by atoms with van der Waals surface area (Å²) in [4.78, 5) is 37.2. The lowest BCUT2D eigenvalue weighted by molar-refractivity contribution is -0.125. The van der Waals surface area contributed by atoms with Crippen molar-refractivity contribution in [3.05, 3.63) is 51.1 Å². The van der Waals surface area contributed by atoms with Gasteiger partial charge in [0.2, 0.25) is 5.91 Å². The van der Waals surface area contributed by atoms with Crippen molar-refractivity contribution in [3.8, 4) is 0 Å². The van der Waals surface area contributed by atoms with E-state index in [4.69, 9.17) is 0 Å². The second-order valence-corrected chi connectivity index (χ2v) is 7.76. The Morgan fingerprint density at radius 1 is 1.37 bits per heavy atom. The number of thiophene rings is 1. The van der Waals surface area contributed by atoms with E-state index >= 15 is 0 Å². The van der Waals surface area contributed by atoms with Crippen LogP contribution in [0.5, 0.6) is 0 Å². The van der Waals surface area contributed by atoms with Gasteiger partial charge in [-0.05, 0) is 36.4 Å². The summed E-state index contributed by atoms with van der Waals surface area (Å²) in [7, 11) is 1.71. The predicted molar refractivity (Wildman–Crippen MR) is 106 cm³/mol. The van der Waals surface area contributed by atoms with Crippen molar-refractivity contribution < 1.29 is 4.79 Å². The molecule has 0 unspecified atom stereocenters. The number of carbonyl (C=O) groups is 1. The van der Waals surface area contributed by atoms with Gasteiger partial charge >= 0.3 is 0 Å². The van der Waals surface area contributed by atoms with Crippen LogP contribution in [-0.4, -0.2) is 33.5 Å². The van der Waals surface area contributed by atoms with Crippen LogP contribution in [0.1, 0.15) is 17.7 Å². The van der Waals surface area contributed by atoms with Crippen molar-refractivity contribution in [2.24, 2.45) is 13.0 Å². The first kappa shape index (κ1) is 17.7. The fraction of sp³-hybridized carbons (Fsp3) is 0.368. The fourth-order valence-electron chi connectivity index (χ4n) is 3.46. The summed E-state index contributed by atoms with van der Waals surface area (Å²) in [5.41, 5.74) is 1.06. The minimum absolute atomic E-state index is 0.0346. The number of fused-ring (bicyclic) bond motifs is 1. The molecule has 0 aromatic carbocycles. The third kappa shape index (κ3) is 3.57. The summed E-state index contributed by atoms with van der Waals surface area (Å²) in [6, 6.07) is 7.64. The highest BCUT2D eigenvalue weighted by Crippen LogP contribution is 2.21. The molecule has 4 heterocycles. The lowest BCUT2D eigenvalue weighted by Gasteiger charge is -2.32. The number of hydrogen-bond acceptors (Lipinski definition) is 6. The topological polar surface area (TPSA) is 80.1 Å². The highest BCUT2D eigenvalue weighted by atomic mass is 32.1. The zero-order valence-corrected chi connectivity index (χ0v) is 15.9. The van der Waals surface area contributed by atoms with Gasteiger partial charge in [0, 0.05) is 31.2 Å². The third-order valence-corrected chi connectivity index (χ3v) is 5.79. The first-order valence-corrected chi connectivity index (χ1v) is 9.88. The van der Waals surface area contributed by atoms with Gasteiger partial charge in [-0.2, -0.15) is 0 Å². The largest absolute Gasteiger partial charge is 0.351 e. The first-order chi connectivity index (χ1) is 13.1.